The van der Waals surface area contributed by atoms with Crippen molar-refractivity contribution in [2.24, 2.45) is 5.92 Å². The molecule has 0 spiro atoms. The third-order valence-electron chi connectivity index (χ3n) is 2.65. The second-order valence-electron chi connectivity index (χ2n) is 3.84. The van der Waals surface area contributed by atoms with Crippen LogP contribution in [0, 0.1) is 12.8 Å². The molecule has 15 heavy (non-hydrogen) atoms. The van der Waals surface area contributed by atoms with E-state index >= 15 is 0 Å². The van der Waals surface area contributed by atoms with Crippen LogP contribution in [-0.4, -0.2) is 19.0 Å². The lowest BCUT2D eigenvalue weighted by Crippen LogP contribution is -2.24. The molecule has 1 aromatic rings. The van der Waals surface area contributed by atoms with Crippen molar-refractivity contribution >= 4 is 28.7 Å². The monoisotopic (exact) mass is 244 g/mol. The van der Waals surface area contributed by atoms with E-state index in [2.05, 4.69) is 0 Å². The minimum atomic E-state index is 0.00861. The molecule has 1 aliphatic rings. The summed E-state index contributed by atoms with van der Waals surface area (Å²) in [7, 11) is 0. The molecule has 1 fully saturated rings. The topological polar surface area (TPSA) is 26.3 Å². The molecule has 1 saturated heterocycles. The van der Waals surface area contributed by atoms with Gasteiger partial charge in [0.2, 0.25) is 0 Å². The van der Waals surface area contributed by atoms with Gasteiger partial charge in [0.05, 0.1) is 16.5 Å². The number of carbonyl (C=O) groups is 1. The van der Waals surface area contributed by atoms with Gasteiger partial charge in [-0.25, -0.2) is 0 Å². The maximum absolute atomic E-state index is 12.1. The molecule has 1 atom stereocenters. The number of halogens is 1. The number of aryl methyl sites for hydroxylation is 1. The Morgan fingerprint density at radius 3 is 3.00 bits per heavy atom. The van der Waals surface area contributed by atoms with Crippen molar-refractivity contribution < 1.29 is 9.53 Å². The second-order valence-corrected chi connectivity index (χ2v) is 5.10. The summed E-state index contributed by atoms with van der Waals surface area (Å²) in [5.41, 5.74) is 0.988. The number of ketones is 1. The average Bonchev–Trinajstić information content (AvgIpc) is 2.60. The maximum Gasteiger partial charge on any atom is 0.179 e. The summed E-state index contributed by atoms with van der Waals surface area (Å²) in [6.07, 6.45) is 1.89. The van der Waals surface area contributed by atoms with Gasteiger partial charge >= 0.3 is 0 Å². The smallest absolute Gasteiger partial charge is 0.179 e. The molecule has 0 N–H and O–H groups in total. The first-order valence-electron chi connectivity index (χ1n) is 5.05. The van der Waals surface area contributed by atoms with Gasteiger partial charge < -0.3 is 4.74 Å². The molecule has 0 aliphatic carbocycles. The lowest BCUT2D eigenvalue weighted by molar-refractivity contribution is 0.0464. The third-order valence-corrected chi connectivity index (χ3v) is 4.37. The minimum Gasteiger partial charge on any atom is -0.381 e. The Labute approximate surface area is 98.2 Å². The Bertz CT molecular complexity index is 367. The minimum absolute atomic E-state index is 0.00861. The van der Waals surface area contributed by atoms with E-state index in [1.807, 2.05) is 12.3 Å². The lowest BCUT2D eigenvalue weighted by atomic mass is 9.96. The van der Waals surface area contributed by atoms with E-state index in [1.54, 1.807) is 0 Å². The van der Waals surface area contributed by atoms with Crippen LogP contribution in [0.3, 0.4) is 0 Å². The van der Waals surface area contributed by atoms with Crippen molar-refractivity contribution in [1.29, 1.82) is 0 Å². The van der Waals surface area contributed by atoms with Crippen molar-refractivity contribution in [1.82, 2.24) is 0 Å². The summed E-state index contributed by atoms with van der Waals surface area (Å²) >= 11 is 7.51. The highest BCUT2D eigenvalue weighted by molar-refractivity contribution is 7.13. The standard InChI is InChI=1S/C11H13ClO2S/c1-7-6-15-11(9(7)12)10(13)8-3-2-4-14-5-8/h6,8H,2-5H2,1H3. The van der Waals surface area contributed by atoms with E-state index in [0.29, 0.717) is 16.5 Å². The van der Waals surface area contributed by atoms with Gasteiger partial charge in [-0.3, -0.25) is 4.79 Å². The fraction of sp³-hybridized carbons (Fsp3) is 0.545. The highest BCUT2D eigenvalue weighted by atomic mass is 35.5. The summed E-state index contributed by atoms with van der Waals surface area (Å²) < 4.78 is 5.31. The summed E-state index contributed by atoms with van der Waals surface area (Å²) in [5.74, 6) is 0.159. The number of Topliss-reactive ketones (excluding diaryl/α,β-unsaturated/α-hetero) is 1. The molecule has 0 radical (unpaired) electrons. The van der Waals surface area contributed by atoms with E-state index in [9.17, 15) is 4.79 Å². The predicted molar refractivity (Wildman–Crippen MR) is 61.9 cm³/mol. The van der Waals surface area contributed by atoms with Gasteiger partial charge in [-0.15, -0.1) is 11.3 Å². The van der Waals surface area contributed by atoms with Crippen LogP contribution < -0.4 is 0 Å². The van der Waals surface area contributed by atoms with Gasteiger partial charge in [0.15, 0.2) is 5.78 Å². The van der Waals surface area contributed by atoms with E-state index in [0.717, 1.165) is 25.0 Å². The molecule has 2 rings (SSSR count). The molecular formula is C11H13ClO2S. The van der Waals surface area contributed by atoms with Crippen LogP contribution in [0.25, 0.3) is 0 Å². The normalized spacial score (nSPS) is 21.6. The van der Waals surface area contributed by atoms with Crippen LogP contribution in [0.15, 0.2) is 5.38 Å². The largest absolute Gasteiger partial charge is 0.381 e. The zero-order chi connectivity index (χ0) is 10.8. The molecule has 0 saturated carbocycles. The van der Waals surface area contributed by atoms with E-state index < -0.39 is 0 Å². The second kappa shape index (κ2) is 4.64. The zero-order valence-electron chi connectivity index (χ0n) is 8.59. The van der Waals surface area contributed by atoms with Gasteiger partial charge in [0.1, 0.15) is 0 Å². The molecule has 2 heterocycles. The molecular weight excluding hydrogens is 232 g/mol. The molecule has 1 aliphatic heterocycles. The van der Waals surface area contributed by atoms with Crippen LogP contribution in [0.2, 0.25) is 5.02 Å². The highest BCUT2D eigenvalue weighted by Gasteiger charge is 2.26. The first-order valence-corrected chi connectivity index (χ1v) is 6.31. The van der Waals surface area contributed by atoms with Crippen LogP contribution in [-0.2, 0) is 4.74 Å². The number of hydrogen-bond acceptors (Lipinski definition) is 3. The molecule has 2 nitrogen and oxygen atoms in total. The SMILES string of the molecule is Cc1csc(C(=O)C2CCCOC2)c1Cl. The summed E-state index contributed by atoms with van der Waals surface area (Å²) in [6, 6.07) is 0. The van der Waals surface area contributed by atoms with Gasteiger partial charge in [-0.2, -0.15) is 0 Å². The van der Waals surface area contributed by atoms with Crippen molar-refractivity contribution in [3.63, 3.8) is 0 Å². The Morgan fingerprint density at radius 2 is 2.47 bits per heavy atom. The van der Waals surface area contributed by atoms with Crippen molar-refractivity contribution in [2.45, 2.75) is 19.8 Å². The Balaban J connectivity index is 2.16. The van der Waals surface area contributed by atoms with E-state index in [4.69, 9.17) is 16.3 Å². The molecule has 1 unspecified atom stereocenters. The summed E-state index contributed by atoms with van der Waals surface area (Å²) in [5, 5.41) is 2.55. The summed E-state index contributed by atoms with van der Waals surface area (Å²) in [4.78, 5) is 12.8. The lowest BCUT2D eigenvalue weighted by Gasteiger charge is -2.20. The molecule has 82 valence electrons. The Morgan fingerprint density at radius 1 is 1.67 bits per heavy atom. The van der Waals surface area contributed by atoms with E-state index in [-0.39, 0.29) is 11.7 Å². The van der Waals surface area contributed by atoms with Gasteiger partial charge in [0, 0.05) is 12.5 Å². The third kappa shape index (κ3) is 2.25. The maximum atomic E-state index is 12.1. The molecule has 0 amide bonds. The first-order chi connectivity index (χ1) is 7.20. The van der Waals surface area contributed by atoms with Crippen LogP contribution in [0.5, 0.6) is 0 Å². The number of hydrogen-bond donors (Lipinski definition) is 0. The fourth-order valence-electron chi connectivity index (χ4n) is 1.73. The van der Waals surface area contributed by atoms with E-state index in [1.165, 1.54) is 11.3 Å². The highest BCUT2D eigenvalue weighted by Crippen LogP contribution is 2.31. The van der Waals surface area contributed by atoms with Crippen molar-refractivity contribution in [2.75, 3.05) is 13.2 Å². The Hall–Kier alpha value is -0.380. The quantitative estimate of drug-likeness (QED) is 0.746. The summed E-state index contributed by atoms with van der Waals surface area (Å²) in [6.45, 7) is 3.25. The zero-order valence-corrected chi connectivity index (χ0v) is 10.2. The number of thiophene rings is 1. The number of carbonyl (C=O) groups excluding carboxylic acids is 1. The molecule has 0 aromatic carbocycles. The van der Waals surface area contributed by atoms with Crippen LogP contribution in [0.1, 0.15) is 28.1 Å². The van der Waals surface area contributed by atoms with Gasteiger partial charge in [0.25, 0.3) is 0 Å². The van der Waals surface area contributed by atoms with Crippen LogP contribution >= 0.6 is 22.9 Å². The van der Waals surface area contributed by atoms with Gasteiger partial charge in [-0.05, 0) is 30.7 Å². The molecule has 0 bridgehead atoms. The number of rotatable bonds is 2. The van der Waals surface area contributed by atoms with Gasteiger partial charge in [-0.1, -0.05) is 11.6 Å². The average molecular weight is 245 g/mol. The fourth-order valence-corrected chi connectivity index (χ4v) is 3.03. The Kier molecular flexibility index (Phi) is 3.44. The first kappa shape index (κ1) is 11.1. The molecule has 4 heteroatoms. The van der Waals surface area contributed by atoms with Crippen molar-refractivity contribution in [3.05, 3.63) is 20.8 Å². The van der Waals surface area contributed by atoms with Crippen LogP contribution in [0.4, 0.5) is 0 Å². The molecule has 1 aromatic heterocycles. The predicted octanol–water partition coefficient (Wildman–Crippen LogP) is 3.32. The number of ether oxygens (including phenoxy) is 1. The van der Waals surface area contributed by atoms with Crippen molar-refractivity contribution in [3.8, 4) is 0 Å².